The molecule has 4 heteroatoms. The van der Waals surface area contributed by atoms with Crippen molar-refractivity contribution >= 4 is 17.3 Å². The molecule has 0 spiro atoms. The van der Waals surface area contributed by atoms with Crippen molar-refractivity contribution in [2.75, 3.05) is 19.8 Å². The van der Waals surface area contributed by atoms with Crippen LogP contribution in [0.15, 0.2) is 54.1 Å². The van der Waals surface area contributed by atoms with Crippen LogP contribution < -0.4 is 5.73 Å². The van der Waals surface area contributed by atoms with Crippen LogP contribution >= 0.6 is 0 Å². The van der Waals surface area contributed by atoms with Gasteiger partial charge in [-0.25, -0.2) is 0 Å². The second-order valence-corrected chi connectivity index (χ2v) is 7.75. The first-order chi connectivity index (χ1) is 14.1. The quantitative estimate of drug-likeness (QED) is 0.300. The highest BCUT2D eigenvalue weighted by molar-refractivity contribution is 6.18. The van der Waals surface area contributed by atoms with Crippen molar-refractivity contribution in [1.82, 2.24) is 4.90 Å². The van der Waals surface area contributed by atoms with Gasteiger partial charge in [-0.1, -0.05) is 55.8 Å². The van der Waals surface area contributed by atoms with Gasteiger partial charge in [0.05, 0.1) is 11.6 Å². The zero-order valence-electron chi connectivity index (χ0n) is 19.5. The number of ketones is 2. The molecule has 4 nitrogen and oxygen atoms in total. The van der Waals surface area contributed by atoms with Crippen molar-refractivity contribution < 1.29 is 9.59 Å². The van der Waals surface area contributed by atoms with E-state index in [1.165, 1.54) is 25.0 Å². The molecule has 0 saturated carbocycles. The molecule has 2 N–H and O–H groups in total. The average Bonchev–Trinajstić information content (AvgIpc) is 2.69. The summed E-state index contributed by atoms with van der Waals surface area (Å²) >= 11 is 0. The van der Waals surface area contributed by atoms with E-state index in [4.69, 9.17) is 5.73 Å². The normalized spacial score (nSPS) is 11.3. The third-order valence-corrected chi connectivity index (χ3v) is 5.06. The number of likely N-dealkylation sites (N-methyl/N-ethyl adjacent to an activating group) is 1. The number of carbonyl (C=O) groups is 2. The summed E-state index contributed by atoms with van der Waals surface area (Å²) in [6, 6.07) is 14.4. The van der Waals surface area contributed by atoms with Crippen LogP contribution in [0.25, 0.3) is 0 Å². The van der Waals surface area contributed by atoms with Crippen LogP contribution in [0.4, 0.5) is 5.69 Å². The minimum atomic E-state index is -0.208. The van der Waals surface area contributed by atoms with Gasteiger partial charge in [0.1, 0.15) is 0 Å². The predicted octanol–water partition coefficient (Wildman–Crippen LogP) is 5.10. The molecule has 0 aliphatic heterocycles. The van der Waals surface area contributed by atoms with Crippen molar-refractivity contribution in [2.45, 2.75) is 53.5 Å². The molecule has 0 aliphatic carbocycles. The molecule has 1 atom stereocenters. The fourth-order valence-electron chi connectivity index (χ4n) is 3.12. The Kier molecular flexibility index (Phi) is 10.2. The second kappa shape index (κ2) is 12.1. The van der Waals surface area contributed by atoms with E-state index in [1.54, 1.807) is 6.08 Å². The van der Waals surface area contributed by atoms with E-state index < -0.39 is 0 Å². The number of Topliss-reactive ketones (excluding diaryl/α,β-unsaturated/α-hetero) is 2. The summed E-state index contributed by atoms with van der Waals surface area (Å²) in [4.78, 5) is 25.2. The van der Waals surface area contributed by atoms with E-state index in [2.05, 4.69) is 38.1 Å². The summed E-state index contributed by atoms with van der Waals surface area (Å²) in [5, 5.41) is 0. The molecule has 0 heterocycles. The molecule has 2 aromatic rings. The van der Waals surface area contributed by atoms with Gasteiger partial charge in [-0.15, -0.1) is 0 Å². The van der Waals surface area contributed by atoms with Gasteiger partial charge in [0.25, 0.3) is 0 Å². The maximum atomic E-state index is 11.6. The van der Waals surface area contributed by atoms with Gasteiger partial charge < -0.3 is 5.73 Å². The largest absolute Gasteiger partial charge is 0.399 e. The molecule has 0 radical (unpaired) electrons. The monoisotopic (exact) mass is 408 g/mol. The fourth-order valence-corrected chi connectivity index (χ4v) is 3.12. The number of hydrogen-bond acceptors (Lipinski definition) is 4. The molecule has 30 heavy (non-hydrogen) atoms. The van der Waals surface area contributed by atoms with Gasteiger partial charge in [-0.05, 0) is 76.5 Å². The lowest BCUT2D eigenvalue weighted by Gasteiger charge is -2.23. The molecule has 2 aromatic carbocycles. The van der Waals surface area contributed by atoms with E-state index in [-0.39, 0.29) is 23.2 Å². The summed E-state index contributed by atoms with van der Waals surface area (Å²) in [6.07, 6.45) is 3.71. The summed E-state index contributed by atoms with van der Waals surface area (Å²) < 4.78 is 0. The van der Waals surface area contributed by atoms with Crippen LogP contribution in [0.3, 0.4) is 0 Å². The highest BCUT2D eigenvalue weighted by Crippen LogP contribution is 2.25. The number of hydrogen-bond donors (Lipinski definition) is 1. The molecule has 0 aromatic heterocycles. The number of carbonyl (C=O) groups excluding carboxylic acids is 2. The van der Waals surface area contributed by atoms with Gasteiger partial charge in [0.15, 0.2) is 11.6 Å². The van der Waals surface area contributed by atoms with Crippen LogP contribution in [0.1, 0.15) is 56.0 Å². The second-order valence-electron chi connectivity index (χ2n) is 7.75. The lowest BCUT2D eigenvalue weighted by atomic mass is 9.97. The zero-order valence-corrected chi connectivity index (χ0v) is 19.5. The first-order valence-electron chi connectivity index (χ1n) is 10.4. The molecular weight excluding hydrogens is 372 g/mol. The summed E-state index contributed by atoms with van der Waals surface area (Å²) in [5.41, 5.74) is 11.8. The Morgan fingerprint density at radius 3 is 1.97 bits per heavy atom. The molecule has 0 saturated heterocycles. The van der Waals surface area contributed by atoms with E-state index in [0.717, 1.165) is 29.7 Å². The minimum absolute atomic E-state index is 0.140. The Morgan fingerprint density at radius 2 is 1.53 bits per heavy atom. The molecular formula is C26H36N2O2. The Labute approximate surface area is 181 Å². The number of nitrogens with zero attached hydrogens (tertiary/aromatic N) is 1. The lowest BCUT2D eigenvalue weighted by molar-refractivity contribution is -0.119. The van der Waals surface area contributed by atoms with E-state index in [0.29, 0.717) is 0 Å². The number of nitrogen functional groups attached to an aromatic ring is 1. The van der Waals surface area contributed by atoms with E-state index >= 15 is 0 Å². The van der Waals surface area contributed by atoms with Gasteiger partial charge >= 0.3 is 0 Å². The summed E-state index contributed by atoms with van der Waals surface area (Å²) in [6.45, 7) is 9.16. The first kappa shape index (κ1) is 25.3. The van der Waals surface area contributed by atoms with Crippen LogP contribution in [-0.2, 0) is 22.4 Å². The first-order valence-corrected chi connectivity index (χ1v) is 10.4. The molecule has 1 unspecified atom stereocenters. The Hall–Kier alpha value is -2.72. The van der Waals surface area contributed by atoms with Crippen molar-refractivity contribution in [3.05, 3.63) is 76.4 Å². The number of nitrogens with two attached hydrogens (primary N) is 1. The summed E-state index contributed by atoms with van der Waals surface area (Å²) in [7, 11) is 3.84. The highest BCUT2D eigenvalue weighted by Gasteiger charge is 2.17. The lowest BCUT2D eigenvalue weighted by Crippen LogP contribution is -2.21. The molecule has 0 aliphatic rings. The van der Waals surface area contributed by atoms with Crippen LogP contribution in [-0.4, -0.2) is 30.6 Å². The van der Waals surface area contributed by atoms with Crippen molar-refractivity contribution in [2.24, 2.45) is 0 Å². The number of anilines is 1. The number of rotatable bonds is 7. The number of aryl methyl sites for hydroxylation is 3. The van der Waals surface area contributed by atoms with Gasteiger partial charge in [0, 0.05) is 5.69 Å². The zero-order chi connectivity index (χ0) is 22.8. The van der Waals surface area contributed by atoms with Crippen molar-refractivity contribution in [3.8, 4) is 0 Å². The standard InChI is InChI=1S/C17H24N2O2.C9H12/c1-6-13-9-14(7-8-16(13)18)17(19(4)5)10-15(11(2)20)12(3)21;1-3-9-6-4-8(2)5-7-9/h7-10,17H,6,18H2,1-5H3;4-7H,3H2,1-2H3. The molecule has 0 fully saturated rings. The maximum absolute atomic E-state index is 11.6. The molecule has 162 valence electrons. The van der Waals surface area contributed by atoms with Crippen LogP contribution in [0.5, 0.6) is 0 Å². The van der Waals surface area contributed by atoms with E-state index in [1.807, 2.05) is 44.1 Å². The Morgan fingerprint density at radius 1 is 0.967 bits per heavy atom. The average molecular weight is 409 g/mol. The van der Waals surface area contributed by atoms with Gasteiger partial charge in [0.2, 0.25) is 0 Å². The van der Waals surface area contributed by atoms with Crippen LogP contribution in [0, 0.1) is 6.92 Å². The van der Waals surface area contributed by atoms with Gasteiger partial charge in [-0.2, -0.15) is 0 Å². The highest BCUT2D eigenvalue weighted by atomic mass is 16.1. The summed E-state index contributed by atoms with van der Waals surface area (Å²) in [5.74, 6) is -0.416. The third-order valence-electron chi connectivity index (χ3n) is 5.06. The van der Waals surface area contributed by atoms with Crippen molar-refractivity contribution in [1.29, 1.82) is 0 Å². The fraction of sp³-hybridized carbons (Fsp3) is 0.385. The van der Waals surface area contributed by atoms with Crippen molar-refractivity contribution in [3.63, 3.8) is 0 Å². The maximum Gasteiger partial charge on any atom is 0.163 e. The van der Waals surface area contributed by atoms with Crippen LogP contribution in [0.2, 0.25) is 0 Å². The number of allylic oxidation sites excluding steroid dienone is 1. The van der Waals surface area contributed by atoms with Gasteiger partial charge in [-0.3, -0.25) is 14.5 Å². The smallest absolute Gasteiger partial charge is 0.163 e. The topological polar surface area (TPSA) is 63.4 Å². The van der Waals surface area contributed by atoms with E-state index in [9.17, 15) is 9.59 Å². The predicted molar refractivity (Wildman–Crippen MR) is 127 cm³/mol. The molecule has 0 bridgehead atoms. The Balaban J connectivity index is 0.000000414. The molecule has 2 rings (SSSR count). The molecule has 0 amide bonds. The number of benzene rings is 2. The SMILES string of the molecule is CCc1cc(C(C=C(C(C)=O)C(C)=O)N(C)C)ccc1N.CCc1ccc(C)cc1. The Bertz CT molecular complexity index is 864. The third kappa shape index (κ3) is 7.60. The minimum Gasteiger partial charge on any atom is -0.399 e.